The van der Waals surface area contributed by atoms with Gasteiger partial charge in [-0.2, -0.15) is 0 Å². The second-order valence-electron chi connectivity index (χ2n) is 7.75. The smallest absolute Gasteiger partial charge is 0.253 e. The van der Waals surface area contributed by atoms with Crippen molar-refractivity contribution in [2.75, 3.05) is 32.6 Å². The lowest BCUT2D eigenvalue weighted by molar-refractivity contribution is 0.0715. The van der Waals surface area contributed by atoms with Crippen LogP contribution in [0.5, 0.6) is 11.5 Å². The van der Waals surface area contributed by atoms with Gasteiger partial charge in [0.15, 0.2) is 11.5 Å². The van der Waals surface area contributed by atoms with Crippen molar-refractivity contribution in [3.8, 4) is 22.6 Å². The molecule has 31 heavy (non-hydrogen) atoms. The number of nitrogens with one attached hydrogen (secondary N) is 1. The van der Waals surface area contributed by atoms with E-state index in [1.54, 1.807) is 14.2 Å². The second kappa shape index (κ2) is 9.56. The van der Waals surface area contributed by atoms with E-state index < -0.39 is 0 Å². The van der Waals surface area contributed by atoms with Crippen molar-refractivity contribution in [2.24, 2.45) is 0 Å². The maximum atomic E-state index is 13.1. The highest BCUT2D eigenvalue weighted by Crippen LogP contribution is 2.30. The van der Waals surface area contributed by atoms with Gasteiger partial charge in [0, 0.05) is 36.4 Å². The number of carbonyl (C=O) groups is 1. The number of ether oxygens (including phenoxy) is 2. The molecule has 5 heteroatoms. The Labute approximate surface area is 183 Å². The van der Waals surface area contributed by atoms with Crippen molar-refractivity contribution in [2.45, 2.75) is 18.9 Å². The number of rotatable bonds is 6. The lowest BCUT2D eigenvalue weighted by Gasteiger charge is -2.34. The van der Waals surface area contributed by atoms with Crippen LogP contribution < -0.4 is 14.8 Å². The van der Waals surface area contributed by atoms with E-state index in [0.29, 0.717) is 18.0 Å². The molecule has 0 aliphatic carbocycles. The fraction of sp³-hybridized carbons (Fsp3) is 0.269. The molecule has 1 saturated heterocycles. The first-order valence-electron chi connectivity index (χ1n) is 10.6. The maximum absolute atomic E-state index is 13.1. The highest BCUT2D eigenvalue weighted by Gasteiger charge is 2.24. The van der Waals surface area contributed by atoms with Crippen molar-refractivity contribution < 1.29 is 14.3 Å². The molecular formula is C26H28N2O3. The third-order valence-electron chi connectivity index (χ3n) is 5.70. The van der Waals surface area contributed by atoms with Gasteiger partial charge < -0.3 is 19.7 Å². The number of amides is 1. The van der Waals surface area contributed by atoms with Gasteiger partial charge in [0.05, 0.1) is 14.2 Å². The monoisotopic (exact) mass is 416 g/mol. The number of methoxy groups -OCH3 is 2. The molecule has 0 aromatic heterocycles. The predicted octanol–water partition coefficient (Wildman–Crippen LogP) is 5.09. The SMILES string of the molecule is COc1ccc(N[C@@H]2CCCN(C(=O)c3ccc(-c4ccccc4)cc3)C2)cc1OC. The molecule has 1 N–H and O–H groups in total. The summed E-state index contributed by atoms with van der Waals surface area (Å²) in [7, 11) is 3.26. The summed E-state index contributed by atoms with van der Waals surface area (Å²) in [6.07, 6.45) is 1.99. The quantitative estimate of drug-likeness (QED) is 0.608. The molecule has 1 amide bonds. The van der Waals surface area contributed by atoms with Crippen LogP contribution in [-0.2, 0) is 0 Å². The highest BCUT2D eigenvalue weighted by atomic mass is 16.5. The Morgan fingerprint density at radius 1 is 0.903 bits per heavy atom. The number of benzene rings is 3. The minimum Gasteiger partial charge on any atom is -0.493 e. The molecule has 0 radical (unpaired) electrons. The van der Waals surface area contributed by atoms with Gasteiger partial charge in [0.2, 0.25) is 0 Å². The van der Waals surface area contributed by atoms with Gasteiger partial charge >= 0.3 is 0 Å². The van der Waals surface area contributed by atoms with E-state index >= 15 is 0 Å². The van der Waals surface area contributed by atoms with Gasteiger partial charge in [-0.05, 0) is 48.2 Å². The predicted molar refractivity (Wildman–Crippen MR) is 124 cm³/mol. The van der Waals surface area contributed by atoms with Crippen molar-refractivity contribution >= 4 is 11.6 Å². The van der Waals surface area contributed by atoms with Crippen LogP contribution in [-0.4, -0.2) is 44.2 Å². The summed E-state index contributed by atoms with van der Waals surface area (Å²) < 4.78 is 10.7. The zero-order chi connectivity index (χ0) is 21.6. The molecule has 1 heterocycles. The van der Waals surface area contributed by atoms with Crippen LogP contribution in [0, 0.1) is 0 Å². The zero-order valence-corrected chi connectivity index (χ0v) is 18.0. The molecule has 0 unspecified atom stereocenters. The Hall–Kier alpha value is -3.47. The average molecular weight is 417 g/mol. The Bertz CT molecular complexity index is 1020. The third-order valence-corrected chi connectivity index (χ3v) is 5.70. The molecular weight excluding hydrogens is 388 g/mol. The molecule has 0 saturated carbocycles. The lowest BCUT2D eigenvalue weighted by Crippen LogP contribution is -2.45. The number of nitrogens with zero attached hydrogens (tertiary/aromatic N) is 1. The van der Waals surface area contributed by atoms with Gasteiger partial charge in [-0.15, -0.1) is 0 Å². The minimum absolute atomic E-state index is 0.0819. The van der Waals surface area contributed by atoms with Crippen LogP contribution in [0.15, 0.2) is 72.8 Å². The summed E-state index contributed by atoms with van der Waals surface area (Å²) in [6.45, 7) is 1.46. The van der Waals surface area contributed by atoms with E-state index in [9.17, 15) is 4.79 Å². The molecule has 1 aliphatic rings. The third kappa shape index (κ3) is 4.82. The Morgan fingerprint density at radius 2 is 1.61 bits per heavy atom. The molecule has 3 aromatic carbocycles. The topological polar surface area (TPSA) is 50.8 Å². The molecule has 4 rings (SSSR count). The molecule has 1 fully saturated rings. The average Bonchev–Trinajstić information content (AvgIpc) is 2.84. The van der Waals surface area contributed by atoms with Crippen LogP contribution in [0.1, 0.15) is 23.2 Å². The molecule has 5 nitrogen and oxygen atoms in total. The summed E-state index contributed by atoms with van der Waals surface area (Å²) in [6, 6.07) is 24.1. The first kappa shape index (κ1) is 20.8. The summed E-state index contributed by atoms with van der Waals surface area (Å²) >= 11 is 0. The molecule has 1 atom stereocenters. The van der Waals surface area contributed by atoms with Crippen molar-refractivity contribution in [3.63, 3.8) is 0 Å². The highest BCUT2D eigenvalue weighted by molar-refractivity contribution is 5.94. The van der Waals surface area contributed by atoms with Crippen LogP contribution in [0.4, 0.5) is 5.69 Å². The number of anilines is 1. The van der Waals surface area contributed by atoms with E-state index in [4.69, 9.17) is 9.47 Å². The van der Waals surface area contributed by atoms with E-state index in [1.807, 2.05) is 65.6 Å². The largest absolute Gasteiger partial charge is 0.493 e. The van der Waals surface area contributed by atoms with Gasteiger partial charge in [-0.3, -0.25) is 4.79 Å². The maximum Gasteiger partial charge on any atom is 0.253 e. The van der Waals surface area contributed by atoms with E-state index in [2.05, 4.69) is 17.4 Å². The number of hydrogen-bond acceptors (Lipinski definition) is 4. The van der Waals surface area contributed by atoms with E-state index in [-0.39, 0.29) is 11.9 Å². The Kier molecular flexibility index (Phi) is 6.41. The zero-order valence-electron chi connectivity index (χ0n) is 18.0. The van der Waals surface area contributed by atoms with Gasteiger partial charge in [0.25, 0.3) is 5.91 Å². The fourth-order valence-corrected chi connectivity index (χ4v) is 4.06. The normalized spacial score (nSPS) is 15.9. The van der Waals surface area contributed by atoms with Crippen LogP contribution in [0.2, 0.25) is 0 Å². The van der Waals surface area contributed by atoms with E-state index in [0.717, 1.165) is 41.8 Å². The van der Waals surface area contributed by atoms with Crippen molar-refractivity contribution in [1.29, 1.82) is 0 Å². The fourth-order valence-electron chi connectivity index (χ4n) is 4.06. The molecule has 160 valence electrons. The lowest BCUT2D eigenvalue weighted by atomic mass is 10.0. The van der Waals surface area contributed by atoms with Crippen molar-refractivity contribution in [3.05, 3.63) is 78.4 Å². The summed E-state index contributed by atoms with van der Waals surface area (Å²) in [5.74, 6) is 1.47. The first-order chi connectivity index (χ1) is 15.2. The van der Waals surface area contributed by atoms with E-state index in [1.165, 1.54) is 0 Å². The Morgan fingerprint density at radius 3 is 2.32 bits per heavy atom. The summed E-state index contributed by atoms with van der Waals surface area (Å²) in [5, 5.41) is 3.54. The van der Waals surface area contributed by atoms with Crippen LogP contribution >= 0.6 is 0 Å². The van der Waals surface area contributed by atoms with Crippen LogP contribution in [0.3, 0.4) is 0 Å². The molecule has 3 aromatic rings. The number of hydrogen-bond donors (Lipinski definition) is 1. The van der Waals surface area contributed by atoms with Gasteiger partial charge in [-0.25, -0.2) is 0 Å². The van der Waals surface area contributed by atoms with Crippen molar-refractivity contribution in [1.82, 2.24) is 4.90 Å². The Balaban J connectivity index is 1.42. The first-order valence-corrected chi connectivity index (χ1v) is 10.6. The number of likely N-dealkylation sites (tertiary alicyclic amines) is 1. The van der Waals surface area contributed by atoms with Gasteiger partial charge in [0.1, 0.15) is 0 Å². The minimum atomic E-state index is 0.0819. The molecule has 1 aliphatic heterocycles. The number of carbonyl (C=O) groups excluding carboxylic acids is 1. The standard InChI is InChI=1S/C26H28N2O3/c1-30-24-15-14-22(17-25(24)31-2)27-23-9-6-16-28(18-23)26(29)21-12-10-20(11-13-21)19-7-4-3-5-8-19/h3-5,7-8,10-15,17,23,27H,6,9,16,18H2,1-2H3/t23-/m1/s1. The number of piperidine rings is 1. The summed E-state index contributed by atoms with van der Waals surface area (Å²) in [4.78, 5) is 15.0. The second-order valence-corrected chi connectivity index (χ2v) is 7.75. The van der Waals surface area contributed by atoms with Gasteiger partial charge in [-0.1, -0.05) is 42.5 Å². The molecule has 0 spiro atoms. The molecule has 0 bridgehead atoms. The van der Waals surface area contributed by atoms with Crippen LogP contribution in [0.25, 0.3) is 11.1 Å². The summed E-state index contributed by atoms with van der Waals surface area (Å²) in [5.41, 5.74) is 3.96.